The summed E-state index contributed by atoms with van der Waals surface area (Å²) in [6.07, 6.45) is 2.02. The molecule has 172 valence electrons. The van der Waals surface area contributed by atoms with E-state index in [2.05, 4.69) is 35.8 Å². The molecule has 2 N–H and O–H groups in total. The van der Waals surface area contributed by atoms with Crippen LogP contribution in [-0.2, 0) is 17.1 Å². The number of carbonyl (C=O) groups excluding carboxylic acids is 1. The molecular formula is C22H23BrN6O3S. The highest BCUT2D eigenvalue weighted by atomic mass is 79.9. The van der Waals surface area contributed by atoms with Crippen LogP contribution in [0.15, 0.2) is 65.4 Å². The van der Waals surface area contributed by atoms with Crippen molar-refractivity contribution in [3.63, 3.8) is 0 Å². The molecular weight excluding hydrogens is 508 g/mol. The first-order chi connectivity index (χ1) is 16.0. The highest BCUT2D eigenvalue weighted by molar-refractivity contribution is 9.10. The van der Waals surface area contributed by atoms with Crippen molar-refractivity contribution in [3.8, 4) is 0 Å². The number of nitrogens with one attached hydrogen (secondary N) is 1. The second-order valence-electron chi connectivity index (χ2n) is 7.48. The van der Waals surface area contributed by atoms with E-state index in [0.717, 1.165) is 10.0 Å². The van der Waals surface area contributed by atoms with Crippen LogP contribution in [0.3, 0.4) is 0 Å². The Hall–Kier alpha value is -2.57. The van der Waals surface area contributed by atoms with E-state index in [9.17, 15) is 14.5 Å². The lowest BCUT2D eigenvalue weighted by molar-refractivity contribution is 0.0746. The fourth-order valence-electron chi connectivity index (χ4n) is 3.45. The molecule has 3 heterocycles. The summed E-state index contributed by atoms with van der Waals surface area (Å²) in [5.41, 5.74) is 1.75. The van der Waals surface area contributed by atoms with Gasteiger partial charge in [0.05, 0.1) is 5.56 Å². The van der Waals surface area contributed by atoms with Crippen molar-refractivity contribution < 1.29 is 14.5 Å². The standard InChI is InChI=1S/C22H23BrN6O3S/c23-18-12-17(13-24-14-18)22(31)29-10-8-28(9-11-29)20-7-6-19(25-26-20)21(30)27-33(32)15-16-4-2-1-3-5-16/h1-7,12-14,21,27,30H,8-11,15H2. The number of pyridine rings is 1. The van der Waals surface area contributed by atoms with Crippen molar-refractivity contribution in [2.45, 2.75) is 12.0 Å². The predicted molar refractivity (Wildman–Crippen MR) is 128 cm³/mol. The van der Waals surface area contributed by atoms with Gasteiger partial charge >= 0.3 is 0 Å². The topological polar surface area (TPSA) is 118 Å². The molecule has 0 radical (unpaired) electrons. The maximum Gasteiger partial charge on any atom is 0.255 e. The molecule has 2 aromatic heterocycles. The molecule has 1 amide bonds. The van der Waals surface area contributed by atoms with Crippen LogP contribution in [-0.4, -0.2) is 61.8 Å². The van der Waals surface area contributed by atoms with Gasteiger partial charge in [-0.3, -0.25) is 9.78 Å². The van der Waals surface area contributed by atoms with Gasteiger partial charge in [0.15, 0.2) is 17.8 Å². The molecule has 33 heavy (non-hydrogen) atoms. The molecule has 0 saturated carbocycles. The molecule has 0 spiro atoms. The summed E-state index contributed by atoms with van der Waals surface area (Å²) in [4.78, 5) is 20.6. The minimum absolute atomic E-state index is 0.0532. The Balaban J connectivity index is 1.29. The Morgan fingerprint density at radius 3 is 2.55 bits per heavy atom. The second kappa shape index (κ2) is 11.0. The van der Waals surface area contributed by atoms with Crippen molar-refractivity contribution in [2.75, 3.05) is 31.1 Å². The molecule has 2 unspecified atom stereocenters. The van der Waals surface area contributed by atoms with Crippen LogP contribution in [0.25, 0.3) is 0 Å². The molecule has 1 saturated heterocycles. The van der Waals surface area contributed by atoms with Crippen LogP contribution >= 0.6 is 15.9 Å². The Kier molecular flexibility index (Phi) is 7.89. The van der Waals surface area contributed by atoms with Crippen LogP contribution < -0.4 is 9.62 Å². The first kappa shape index (κ1) is 23.6. The van der Waals surface area contributed by atoms with E-state index < -0.39 is 17.6 Å². The molecule has 2 atom stereocenters. The Bertz CT molecular complexity index is 1070. The fraction of sp³-hybridized carbons (Fsp3) is 0.273. The zero-order valence-corrected chi connectivity index (χ0v) is 20.1. The van der Waals surface area contributed by atoms with E-state index in [4.69, 9.17) is 0 Å². The van der Waals surface area contributed by atoms with Gasteiger partial charge in [0, 0.05) is 60.0 Å². The first-order valence-corrected chi connectivity index (χ1v) is 12.5. The van der Waals surface area contributed by atoms with Gasteiger partial charge in [-0.25, -0.2) is 0 Å². The lowest BCUT2D eigenvalue weighted by atomic mass is 10.2. The van der Waals surface area contributed by atoms with Crippen LogP contribution in [0.5, 0.6) is 0 Å². The number of hydrogen-bond donors (Lipinski definition) is 2. The number of benzene rings is 1. The van der Waals surface area contributed by atoms with Crippen LogP contribution in [0.2, 0.25) is 0 Å². The first-order valence-electron chi connectivity index (χ1n) is 10.3. The summed E-state index contributed by atoms with van der Waals surface area (Å²) < 4.78 is 15.7. The van der Waals surface area contributed by atoms with E-state index in [0.29, 0.717) is 37.6 Å². The third-order valence-corrected chi connectivity index (χ3v) is 6.69. The van der Waals surface area contributed by atoms with Gasteiger partial charge in [0.25, 0.3) is 5.91 Å². The number of aliphatic hydroxyl groups excluding tert-OH is 1. The summed E-state index contributed by atoms with van der Waals surface area (Å²) in [7, 11) is 0. The minimum atomic E-state index is -1.46. The molecule has 3 aromatic rings. The second-order valence-corrected chi connectivity index (χ2v) is 9.61. The largest absolute Gasteiger partial charge is 0.598 e. The van der Waals surface area contributed by atoms with E-state index in [1.165, 1.54) is 0 Å². The zero-order valence-electron chi connectivity index (χ0n) is 17.7. The summed E-state index contributed by atoms with van der Waals surface area (Å²) in [6, 6.07) is 14.6. The molecule has 0 aliphatic carbocycles. The van der Waals surface area contributed by atoms with Crippen LogP contribution in [0.4, 0.5) is 5.82 Å². The number of rotatable bonds is 7. The number of carbonyl (C=O) groups is 1. The highest BCUT2D eigenvalue weighted by Gasteiger charge is 2.24. The third kappa shape index (κ3) is 6.27. The van der Waals surface area contributed by atoms with Gasteiger partial charge in [-0.1, -0.05) is 30.3 Å². The summed E-state index contributed by atoms with van der Waals surface area (Å²) in [5, 5.41) is 18.6. The van der Waals surface area contributed by atoms with Crippen molar-refractivity contribution in [3.05, 3.63) is 82.2 Å². The molecule has 1 aromatic carbocycles. The maximum atomic E-state index is 12.7. The number of halogens is 1. The lowest BCUT2D eigenvalue weighted by Crippen LogP contribution is -2.49. The van der Waals surface area contributed by atoms with Gasteiger partial charge in [-0.05, 0) is 34.1 Å². The van der Waals surface area contributed by atoms with Gasteiger partial charge in [-0.2, -0.15) is 0 Å². The number of anilines is 1. The van der Waals surface area contributed by atoms with Gasteiger partial charge in [0.1, 0.15) is 5.69 Å². The normalized spacial score (nSPS) is 15.8. The molecule has 1 aliphatic heterocycles. The molecule has 0 bridgehead atoms. The van der Waals surface area contributed by atoms with Crippen LogP contribution in [0.1, 0.15) is 27.8 Å². The van der Waals surface area contributed by atoms with Crippen molar-refractivity contribution in [1.29, 1.82) is 0 Å². The molecule has 9 nitrogen and oxygen atoms in total. The fourth-order valence-corrected chi connectivity index (χ4v) is 4.77. The molecule has 4 rings (SSSR count). The third-order valence-electron chi connectivity index (χ3n) is 5.18. The SMILES string of the molecule is O=C(c1cncc(Br)c1)N1CCN(c2ccc(C(O)N[S+]([O-])Cc3ccccc3)nn2)CC1. The number of hydrogen-bond acceptors (Lipinski definition) is 8. The lowest BCUT2D eigenvalue weighted by Gasteiger charge is -2.35. The number of aromatic nitrogens is 3. The quantitative estimate of drug-likeness (QED) is 0.352. The van der Waals surface area contributed by atoms with Crippen molar-refractivity contribution in [1.82, 2.24) is 24.8 Å². The molecule has 1 aliphatic rings. The van der Waals surface area contributed by atoms with Gasteiger partial charge in [0.2, 0.25) is 0 Å². The van der Waals surface area contributed by atoms with Gasteiger partial charge in [-0.15, -0.1) is 14.9 Å². The highest BCUT2D eigenvalue weighted by Crippen LogP contribution is 2.18. The molecule has 11 heteroatoms. The monoisotopic (exact) mass is 530 g/mol. The number of nitrogens with zero attached hydrogens (tertiary/aromatic N) is 5. The van der Waals surface area contributed by atoms with E-state index in [1.54, 1.807) is 35.5 Å². The average molecular weight is 531 g/mol. The number of amides is 1. The Labute approximate surface area is 203 Å². The minimum Gasteiger partial charge on any atom is -0.598 e. The predicted octanol–water partition coefficient (Wildman–Crippen LogP) is 2.04. The Morgan fingerprint density at radius 2 is 1.88 bits per heavy atom. The van der Waals surface area contributed by atoms with Crippen molar-refractivity contribution >= 4 is 39.0 Å². The smallest absolute Gasteiger partial charge is 0.255 e. The summed E-state index contributed by atoms with van der Waals surface area (Å²) in [5.74, 6) is 0.887. The Morgan fingerprint density at radius 1 is 1.12 bits per heavy atom. The van der Waals surface area contributed by atoms with E-state index in [1.807, 2.05) is 35.2 Å². The van der Waals surface area contributed by atoms with Crippen LogP contribution in [0, 0.1) is 0 Å². The average Bonchev–Trinajstić information content (AvgIpc) is 2.84. The zero-order chi connectivity index (χ0) is 23.2. The summed E-state index contributed by atoms with van der Waals surface area (Å²) >= 11 is 1.88. The number of aliphatic hydroxyl groups is 1. The van der Waals surface area contributed by atoms with E-state index >= 15 is 0 Å². The number of piperazine rings is 1. The van der Waals surface area contributed by atoms with E-state index in [-0.39, 0.29) is 17.4 Å². The summed E-state index contributed by atoms with van der Waals surface area (Å²) in [6.45, 7) is 2.33. The van der Waals surface area contributed by atoms with Gasteiger partial charge < -0.3 is 19.5 Å². The maximum absolute atomic E-state index is 12.7. The van der Waals surface area contributed by atoms with Crippen molar-refractivity contribution in [2.24, 2.45) is 0 Å². The molecule has 1 fully saturated rings.